The average molecular weight is 399 g/mol. The summed E-state index contributed by atoms with van der Waals surface area (Å²) in [5, 5.41) is 3.47. The number of benzene rings is 3. The maximum absolute atomic E-state index is 13.1. The number of anilines is 1. The summed E-state index contributed by atoms with van der Waals surface area (Å²) in [7, 11) is 0. The molecule has 0 saturated carbocycles. The van der Waals surface area contributed by atoms with Crippen LogP contribution in [0, 0.1) is 0 Å². The van der Waals surface area contributed by atoms with Crippen LogP contribution in [0.3, 0.4) is 0 Å². The van der Waals surface area contributed by atoms with Gasteiger partial charge in [-0.15, -0.1) is 0 Å². The second-order valence-corrected chi connectivity index (χ2v) is 6.85. The van der Waals surface area contributed by atoms with Crippen LogP contribution in [0.5, 0.6) is 11.5 Å². The van der Waals surface area contributed by atoms with Crippen molar-refractivity contribution < 1.29 is 23.5 Å². The number of carbonyl (C=O) groups is 2. The molecule has 4 aromatic rings. The minimum atomic E-state index is -0.853. The third-order valence-corrected chi connectivity index (χ3v) is 4.89. The molecule has 1 N–H and O–H groups in total. The monoisotopic (exact) mass is 399 g/mol. The highest BCUT2D eigenvalue weighted by molar-refractivity contribution is 6.17. The number of nitrogens with one attached hydrogen (secondary N) is 1. The fourth-order valence-electron chi connectivity index (χ4n) is 3.40. The van der Waals surface area contributed by atoms with Gasteiger partial charge in [0.2, 0.25) is 11.9 Å². The van der Waals surface area contributed by atoms with Crippen molar-refractivity contribution in [2.45, 2.75) is 6.10 Å². The first-order chi connectivity index (χ1) is 14.7. The highest BCUT2D eigenvalue weighted by Crippen LogP contribution is 2.34. The number of carbonyl (C=O) groups excluding carboxylic acids is 2. The summed E-state index contributed by atoms with van der Waals surface area (Å²) in [6.45, 7) is 0.0700. The lowest BCUT2D eigenvalue weighted by molar-refractivity contribution is -0.125. The predicted molar refractivity (Wildman–Crippen MR) is 111 cm³/mol. The van der Waals surface area contributed by atoms with Crippen LogP contribution in [0.25, 0.3) is 11.0 Å². The van der Waals surface area contributed by atoms with Gasteiger partial charge >= 0.3 is 0 Å². The minimum absolute atomic E-state index is 0.0700. The Morgan fingerprint density at radius 2 is 1.53 bits per heavy atom. The summed E-state index contributed by atoms with van der Waals surface area (Å²) in [4.78, 5) is 26.0. The summed E-state index contributed by atoms with van der Waals surface area (Å²) >= 11 is 0. The predicted octanol–water partition coefficient (Wildman–Crippen LogP) is 4.44. The third kappa shape index (κ3) is 3.18. The van der Waals surface area contributed by atoms with E-state index in [1.807, 2.05) is 30.3 Å². The van der Waals surface area contributed by atoms with E-state index >= 15 is 0 Å². The molecule has 1 aliphatic heterocycles. The van der Waals surface area contributed by atoms with E-state index in [0.717, 1.165) is 0 Å². The smallest absolute Gasteiger partial charge is 0.269 e. The summed E-state index contributed by atoms with van der Waals surface area (Å²) in [5.74, 6) is 0.441. The van der Waals surface area contributed by atoms with Crippen LogP contribution in [-0.4, -0.2) is 24.4 Å². The van der Waals surface area contributed by atoms with Gasteiger partial charge in [0.05, 0.1) is 5.69 Å². The van der Waals surface area contributed by atoms with Crippen molar-refractivity contribution in [3.8, 4) is 11.5 Å². The van der Waals surface area contributed by atoms with Gasteiger partial charge < -0.3 is 19.2 Å². The molecule has 30 heavy (non-hydrogen) atoms. The Bertz CT molecular complexity index is 1240. The van der Waals surface area contributed by atoms with Gasteiger partial charge in [-0.1, -0.05) is 54.6 Å². The van der Waals surface area contributed by atoms with Crippen LogP contribution in [0.4, 0.5) is 5.69 Å². The Kier molecular flexibility index (Phi) is 4.44. The Labute approximate surface area is 172 Å². The SMILES string of the molecule is O=C(c1ccccc1)c1oc2ccccc2c1NC(=O)[C@@H]1COc2ccccc2O1. The molecule has 1 amide bonds. The molecule has 0 saturated heterocycles. The van der Waals surface area contributed by atoms with Crippen molar-refractivity contribution in [3.05, 3.63) is 90.2 Å². The molecular weight excluding hydrogens is 382 g/mol. The molecule has 148 valence electrons. The zero-order chi connectivity index (χ0) is 20.5. The topological polar surface area (TPSA) is 77.8 Å². The molecule has 3 aromatic carbocycles. The van der Waals surface area contributed by atoms with E-state index in [1.54, 1.807) is 48.5 Å². The van der Waals surface area contributed by atoms with Gasteiger partial charge in [0.15, 0.2) is 17.3 Å². The summed E-state index contributed by atoms with van der Waals surface area (Å²) in [6, 6.07) is 23.1. The third-order valence-electron chi connectivity index (χ3n) is 4.89. The number of ether oxygens (including phenoxy) is 2. The van der Waals surface area contributed by atoms with Crippen molar-refractivity contribution in [2.75, 3.05) is 11.9 Å². The Balaban J connectivity index is 1.48. The van der Waals surface area contributed by atoms with Crippen molar-refractivity contribution in [3.63, 3.8) is 0 Å². The molecule has 6 heteroatoms. The summed E-state index contributed by atoms with van der Waals surface area (Å²) in [6.07, 6.45) is -0.853. The van der Waals surface area contributed by atoms with Gasteiger partial charge in [0.1, 0.15) is 12.2 Å². The quantitative estimate of drug-likeness (QED) is 0.513. The number of ketones is 1. The van der Waals surface area contributed by atoms with Gasteiger partial charge in [-0.25, -0.2) is 0 Å². The standard InChI is InChI=1S/C24H17NO5/c26-22(15-8-2-1-3-9-15)23-21(16-10-4-5-11-17(16)30-23)25-24(27)20-14-28-18-12-6-7-13-19(18)29-20/h1-13,20H,14H2,(H,25,27)/t20-/m0/s1. The van der Waals surface area contributed by atoms with Crippen LogP contribution in [0.1, 0.15) is 16.1 Å². The van der Waals surface area contributed by atoms with E-state index in [4.69, 9.17) is 13.9 Å². The number of hydrogen-bond acceptors (Lipinski definition) is 5. The van der Waals surface area contributed by atoms with Crippen LogP contribution < -0.4 is 14.8 Å². The van der Waals surface area contributed by atoms with E-state index < -0.39 is 12.0 Å². The highest BCUT2D eigenvalue weighted by Gasteiger charge is 2.30. The second kappa shape index (κ2) is 7.40. The lowest BCUT2D eigenvalue weighted by Crippen LogP contribution is -2.40. The Morgan fingerprint density at radius 1 is 0.833 bits per heavy atom. The first kappa shape index (κ1) is 18.0. The van der Waals surface area contributed by atoms with E-state index in [2.05, 4.69) is 5.32 Å². The van der Waals surface area contributed by atoms with Crippen molar-refractivity contribution >= 4 is 28.3 Å². The number of furan rings is 1. The molecule has 6 nitrogen and oxygen atoms in total. The zero-order valence-electron chi connectivity index (χ0n) is 15.8. The zero-order valence-corrected chi connectivity index (χ0v) is 15.8. The first-order valence-corrected chi connectivity index (χ1v) is 9.51. The number of rotatable bonds is 4. The van der Waals surface area contributed by atoms with Crippen LogP contribution in [-0.2, 0) is 4.79 Å². The molecule has 0 aliphatic carbocycles. The fourth-order valence-corrected chi connectivity index (χ4v) is 3.40. The maximum Gasteiger partial charge on any atom is 0.269 e. The van der Waals surface area contributed by atoms with E-state index in [1.165, 1.54) is 0 Å². The van der Waals surface area contributed by atoms with E-state index in [-0.39, 0.29) is 18.2 Å². The molecule has 1 aliphatic rings. The fraction of sp³-hybridized carbons (Fsp3) is 0.0833. The molecule has 0 spiro atoms. The molecule has 0 bridgehead atoms. The van der Waals surface area contributed by atoms with E-state index in [9.17, 15) is 9.59 Å². The second-order valence-electron chi connectivity index (χ2n) is 6.85. The largest absolute Gasteiger partial charge is 0.485 e. The van der Waals surface area contributed by atoms with Gasteiger partial charge in [-0.2, -0.15) is 0 Å². The summed E-state index contributed by atoms with van der Waals surface area (Å²) in [5.41, 5.74) is 1.31. The van der Waals surface area contributed by atoms with Crippen molar-refractivity contribution in [2.24, 2.45) is 0 Å². The maximum atomic E-state index is 13.1. The van der Waals surface area contributed by atoms with Gasteiger partial charge in [-0.3, -0.25) is 9.59 Å². The molecule has 5 rings (SSSR count). The molecule has 0 fully saturated rings. The molecule has 2 heterocycles. The normalized spacial score (nSPS) is 15.0. The Hall–Kier alpha value is -4.06. The molecule has 0 unspecified atom stereocenters. The van der Waals surface area contributed by atoms with Crippen LogP contribution >= 0.6 is 0 Å². The van der Waals surface area contributed by atoms with Crippen LogP contribution in [0.15, 0.2) is 83.3 Å². The molecule has 1 atom stereocenters. The van der Waals surface area contributed by atoms with Gasteiger partial charge in [-0.05, 0) is 24.3 Å². The highest BCUT2D eigenvalue weighted by atomic mass is 16.6. The van der Waals surface area contributed by atoms with Gasteiger partial charge in [0, 0.05) is 10.9 Å². The Morgan fingerprint density at radius 3 is 2.37 bits per heavy atom. The molecule has 1 aromatic heterocycles. The number of para-hydroxylation sites is 3. The minimum Gasteiger partial charge on any atom is -0.485 e. The average Bonchev–Trinajstić information content (AvgIpc) is 3.17. The first-order valence-electron chi connectivity index (χ1n) is 9.51. The van der Waals surface area contributed by atoms with E-state index in [0.29, 0.717) is 33.7 Å². The lowest BCUT2D eigenvalue weighted by atomic mass is 10.1. The number of fused-ring (bicyclic) bond motifs is 2. The van der Waals surface area contributed by atoms with Crippen molar-refractivity contribution in [1.29, 1.82) is 0 Å². The molecule has 0 radical (unpaired) electrons. The van der Waals surface area contributed by atoms with Crippen molar-refractivity contribution in [1.82, 2.24) is 0 Å². The lowest BCUT2D eigenvalue weighted by Gasteiger charge is -2.25. The van der Waals surface area contributed by atoms with Gasteiger partial charge in [0.25, 0.3) is 5.91 Å². The number of amides is 1. The number of hydrogen-bond donors (Lipinski definition) is 1. The summed E-state index contributed by atoms with van der Waals surface area (Å²) < 4.78 is 17.2. The molecular formula is C24H17NO5. The van der Waals surface area contributed by atoms with Crippen LogP contribution in [0.2, 0.25) is 0 Å².